The Morgan fingerprint density at radius 3 is 2.41 bits per heavy atom. The van der Waals surface area contributed by atoms with E-state index >= 15 is 0 Å². The van der Waals surface area contributed by atoms with Crippen LogP contribution < -0.4 is 5.43 Å². The van der Waals surface area contributed by atoms with Crippen LogP contribution in [0.3, 0.4) is 0 Å². The average Bonchev–Trinajstić information content (AvgIpc) is 2.54. The molecular weight excluding hydrogens is 272 g/mol. The summed E-state index contributed by atoms with van der Waals surface area (Å²) in [5.74, 6) is 0.447. The highest BCUT2D eigenvalue weighted by molar-refractivity contribution is 5.82. The quantitative estimate of drug-likeness (QED) is 0.637. The largest absolute Gasteiger partial charge is 0.273 e. The summed E-state index contributed by atoms with van der Waals surface area (Å²) in [4.78, 5) is 11.7. The molecule has 2 aromatic rings. The third-order valence-electron chi connectivity index (χ3n) is 3.49. The lowest BCUT2D eigenvalue weighted by molar-refractivity contribution is -0.121. The van der Waals surface area contributed by atoms with Gasteiger partial charge in [0.05, 0.1) is 6.21 Å². The molecule has 1 N–H and O–H groups in total. The van der Waals surface area contributed by atoms with Gasteiger partial charge in [0, 0.05) is 6.42 Å². The van der Waals surface area contributed by atoms with Crippen molar-refractivity contribution in [3.05, 3.63) is 71.3 Å². The van der Waals surface area contributed by atoms with Crippen LogP contribution in [0, 0.1) is 0 Å². The van der Waals surface area contributed by atoms with E-state index in [1.165, 1.54) is 5.56 Å². The van der Waals surface area contributed by atoms with Gasteiger partial charge in [0.2, 0.25) is 5.91 Å². The molecule has 0 saturated carbocycles. The van der Waals surface area contributed by atoms with E-state index in [2.05, 4.69) is 36.5 Å². The maximum atomic E-state index is 11.7. The summed E-state index contributed by atoms with van der Waals surface area (Å²) in [7, 11) is 0. The predicted molar refractivity (Wildman–Crippen MR) is 91.0 cm³/mol. The first kappa shape index (κ1) is 16.0. The number of benzene rings is 2. The summed E-state index contributed by atoms with van der Waals surface area (Å²) in [6.07, 6.45) is 2.84. The molecule has 3 heteroatoms. The molecule has 0 aliphatic carbocycles. The molecule has 0 spiro atoms. The van der Waals surface area contributed by atoms with Crippen LogP contribution in [0.4, 0.5) is 0 Å². The Morgan fingerprint density at radius 1 is 1.09 bits per heavy atom. The molecule has 0 saturated heterocycles. The molecule has 0 fully saturated rings. The van der Waals surface area contributed by atoms with Gasteiger partial charge in [-0.1, -0.05) is 68.4 Å². The molecule has 22 heavy (non-hydrogen) atoms. The second kappa shape index (κ2) is 8.13. The maximum Gasteiger partial charge on any atom is 0.240 e. The Hall–Kier alpha value is -2.42. The highest BCUT2D eigenvalue weighted by Crippen LogP contribution is 2.13. The Labute approximate surface area is 132 Å². The van der Waals surface area contributed by atoms with Crippen LogP contribution in [0.15, 0.2) is 59.7 Å². The number of carbonyl (C=O) groups is 1. The summed E-state index contributed by atoms with van der Waals surface area (Å²) in [6, 6.07) is 18.2. The molecule has 0 bridgehead atoms. The number of amides is 1. The van der Waals surface area contributed by atoms with Gasteiger partial charge in [-0.3, -0.25) is 4.79 Å². The normalized spacial score (nSPS) is 11.0. The van der Waals surface area contributed by atoms with Crippen molar-refractivity contribution < 1.29 is 4.79 Å². The summed E-state index contributed by atoms with van der Waals surface area (Å²) in [6.45, 7) is 4.33. The second-order valence-electron chi connectivity index (χ2n) is 5.60. The van der Waals surface area contributed by atoms with Gasteiger partial charge in [-0.05, 0) is 29.0 Å². The smallest absolute Gasteiger partial charge is 0.240 e. The second-order valence-corrected chi connectivity index (χ2v) is 5.60. The van der Waals surface area contributed by atoms with Crippen LogP contribution >= 0.6 is 0 Å². The van der Waals surface area contributed by atoms with Crippen LogP contribution in [-0.4, -0.2) is 12.1 Å². The van der Waals surface area contributed by atoms with Gasteiger partial charge in [-0.15, -0.1) is 0 Å². The first-order valence-electron chi connectivity index (χ1n) is 7.61. The average molecular weight is 294 g/mol. The molecule has 0 atom stereocenters. The SMILES string of the molecule is CC(C)c1ccc(/C=N/NC(=O)CCc2ccccc2)cc1. The number of hydrazone groups is 1. The van der Waals surface area contributed by atoms with Gasteiger partial charge in [0.15, 0.2) is 0 Å². The molecule has 114 valence electrons. The molecule has 1 amide bonds. The van der Waals surface area contributed by atoms with Crippen molar-refractivity contribution in [2.24, 2.45) is 5.10 Å². The van der Waals surface area contributed by atoms with E-state index in [-0.39, 0.29) is 5.91 Å². The summed E-state index contributed by atoms with van der Waals surface area (Å²) < 4.78 is 0. The van der Waals surface area contributed by atoms with E-state index in [9.17, 15) is 4.79 Å². The molecule has 2 aromatic carbocycles. The molecule has 2 rings (SSSR count). The first-order chi connectivity index (χ1) is 10.6. The Bertz CT molecular complexity index is 616. The van der Waals surface area contributed by atoms with E-state index in [0.717, 1.165) is 17.5 Å². The van der Waals surface area contributed by atoms with E-state index in [1.54, 1.807) is 6.21 Å². The van der Waals surface area contributed by atoms with E-state index in [1.807, 2.05) is 42.5 Å². The van der Waals surface area contributed by atoms with Crippen molar-refractivity contribution in [2.45, 2.75) is 32.6 Å². The van der Waals surface area contributed by atoms with E-state index in [0.29, 0.717) is 12.3 Å². The van der Waals surface area contributed by atoms with Gasteiger partial charge in [0.1, 0.15) is 0 Å². The van der Waals surface area contributed by atoms with Gasteiger partial charge >= 0.3 is 0 Å². The third-order valence-corrected chi connectivity index (χ3v) is 3.49. The van der Waals surface area contributed by atoms with Crippen molar-refractivity contribution >= 4 is 12.1 Å². The summed E-state index contributed by atoms with van der Waals surface area (Å²) in [5.41, 5.74) is 6.00. The molecule has 0 aliphatic rings. The lowest BCUT2D eigenvalue weighted by Gasteiger charge is -2.04. The molecule has 0 heterocycles. The standard InChI is InChI=1S/C19H22N2O/c1-15(2)18-11-8-17(9-12-18)14-20-21-19(22)13-10-16-6-4-3-5-7-16/h3-9,11-12,14-15H,10,13H2,1-2H3,(H,21,22)/b20-14+. The van der Waals surface area contributed by atoms with Gasteiger partial charge in [-0.2, -0.15) is 5.10 Å². The van der Waals surface area contributed by atoms with Crippen molar-refractivity contribution in [3.8, 4) is 0 Å². The summed E-state index contributed by atoms with van der Waals surface area (Å²) >= 11 is 0. The first-order valence-corrected chi connectivity index (χ1v) is 7.61. The molecule has 0 aromatic heterocycles. The third kappa shape index (κ3) is 5.17. The number of carbonyl (C=O) groups excluding carboxylic acids is 1. The molecular formula is C19H22N2O. The number of nitrogens with zero attached hydrogens (tertiary/aromatic N) is 1. The van der Waals surface area contributed by atoms with Crippen LogP contribution in [0.1, 0.15) is 42.9 Å². The Morgan fingerprint density at radius 2 is 1.77 bits per heavy atom. The predicted octanol–water partition coefficient (Wildman–Crippen LogP) is 3.89. The monoisotopic (exact) mass is 294 g/mol. The van der Waals surface area contributed by atoms with Crippen molar-refractivity contribution in [3.63, 3.8) is 0 Å². The van der Waals surface area contributed by atoms with Crippen molar-refractivity contribution in [1.82, 2.24) is 5.43 Å². The fourth-order valence-corrected chi connectivity index (χ4v) is 2.10. The van der Waals surface area contributed by atoms with Crippen LogP contribution in [-0.2, 0) is 11.2 Å². The van der Waals surface area contributed by atoms with Gasteiger partial charge in [0.25, 0.3) is 0 Å². The minimum atomic E-state index is -0.0705. The van der Waals surface area contributed by atoms with Gasteiger partial charge in [-0.25, -0.2) is 5.43 Å². The molecule has 3 nitrogen and oxygen atoms in total. The molecule has 0 aliphatic heterocycles. The minimum Gasteiger partial charge on any atom is -0.273 e. The molecule has 0 unspecified atom stereocenters. The van der Waals surface area contributed by atoms with E-state index in [4.69, 9.17) is 0 Å². The van der Waals surface area contributed by atoms with Crippen LogP contribution in [0.2, 0.25) is 0 Å². The summed E-state index contributed by atoms with van der Waals surface area (Å²) in [5, 5.41) is 4.00. The lowest BCUT2D eigenvalue weighted by Crippen LogP contribution is -2.17. The van der Waals surface area contributed by atoms with Crippen LogP contribution in [0.25, 0.3) is 0 Å². The number of hydrogen-bond acceptors (Lipinski definition) is 2. The highest BCUT2D eigenvalue weighted by atomic mass is 16.2. The fourth-order valence-electron chi connectivity index (χ4n) is 2.10. The zero-order valence-electron chi connectivity index (χ0n) is 13.1. The number of rotatable bonds is 6. The zero-order valence-corrected chi connectivity index (χ0v) is 13.1. The van der Waals surface area contributed by atoms with Crippen LogP contribution in [0.5, 0.6) is 0 Å². The topological polar surface area (TPSA) is 41.5 Å². The Balaban J connectivity index is 1.78. The Kier molecular flexibility index (Phi) is 5.90. The van der Waals surface area contributed by atoms with E-state index < -0.39 is 0 Å². The number of aryl methyl sites for hydroxylation is 1. The lowest BCUT2D eigenvalue weighted by atomic mass is 10.0. The number of nitrogens with one attached hydrogen (secondary N) is 1. The fraction of sp³-hybridized carbons (Fsp3) is 0.263. The molecule has 0 radical (unpaired) electrons. The highest BCUT2D eigenvalue weighted by Gasteiger charge is 2.00. The zero-order chi connectivity index (χ0) is 15.8. The minimum absolute atomic E-state index is 0.0705. The maximum absolute atomic E-state index is 11.7. The van der Waals surface area contributed by atoms with Crippen molar-refractivity contribution in [1.29, 1.82) is 0 Å². The number of hydrogen-bond donors (Lipinski definition) is 1. The van der Waals surface area contributed by atoms with Gasteiger partial charge < -0.3 is 0 Å². The van der Waals surface area contributed by atoms with Crippen molar-refractivity contribution in [2.75, 3.05) is 0 Å².